The number of carbonyl (C=O) groups is 1. The molecule has 1 amide bonds. The molecule has 0 bridgehead atoms. The van der Waals surface area contributed by atoms with E-state index in [-0.39, 0.29) is 11.4 Å². The summed E-state index contributed by atoms with van der Waals surface area (Å²) in [6.07, 6.45) is 5.23. The van der Waals surface area contributed by atoms with E-state index < -0.39 is 0 Å². The summed E-state index contributed by atoms with van der Waals surface area (Å²) in [5.74, 6) is 0.0775. The molecule has 0 saturated carbocycles. The summed E-state index contributed by atoms with van der Waals surface area (Å²) in [4.78, 5) is 15.9. The first-order chi connectivity index (χ1) is 8.92. The number of carbonyl (C=O) groups excluding carboxylic acids is 1. The second kappa shape index (κ2) is 7.28. The Bertz CT molecular complexity index is 392. The Labute approximate surface area is 115 Å². The molecule has 1 aromatic heterocycles. The van der Waals surface area contributed by atoms with Crippen LogP contribution in [0.4, 0.5) is 0 Å². The van der Waals surface area contributed by atoms with Gasteiger partial charge in [0.15, 0.2) is 0 Å². The number of amides is 1. The summed E-state index contributed by atoms with van der Waals surface area (Å²) >= 11 is 0. The molecule has 1 rings (SSSR count). The van der Waals surface area contributed by atoms with E-state index in [1.165, 1.54) is 0 Å². The van der Waals surface area contributed by atoms with Crippen molar-refractivity contribution in [3.05, 3.63) is 18.2 Å². The normalized spacial score (nSPS) is 11.6. The molecule has 0 saturated heterocycles. The highest BCUT2D eigenvalue weighted by atomic mass is 16.1. The van der Waals surface area contributed by atoms with Crippen LogP contribution in [0.15, 0.2) is 12.5 Å². The van der Waals surface area contributed by atoms with Gasteiger partial charge < -0.3 is 15.2 Å². The van der Waals surface area contributed by atoms with Crippen LogP contribution in [0, 0.1) is 0 Å². The van der Waals surface area contributed by atoms with Crippen LogP contribution in [-0.2, 0) is 17.9 Å². The highest BCUT2D eigenvalue weighted by Crippen LogP contribution is 2.03. The van der Waals surface area contributed by atoms with E-state index in [1.807, 2.05) is 31.5 Å². The van der Waals surface area contributed by atoms with Gasteiger partial charge in [0, 0.05) is 31.2 Å². The lowest BCUT2D eigenvalue weighted by atomic mass is 10.1. The average molecular weight is 266 g/mol. The number of hydrogen-bond donors (Lipinski definition) is 2. The van der Waals surface area contributed by atoms with Gasteiger partial charge in [-0.1, -0.05) is 6.92 Å². The third-order valence-electron chi connectivity index (χ3n) is 2.63. The monoisotopic (exact) mass is 266 g/mol. The Morgan fingerprint density at radius 3 is 2.79 bits per heavy atom. The van der Waals surface area contributed by atoms with Gasteiger partial charge in [0.2, 0.25) is 5.91 Å². The molecule has 108 valence electrons. The molecule has 0 radical (unpaired) electrons. The lowest BCUT2D eigenvalue weighted by Gasteiger charge is -2.20. The highest BCUT2D eigenvalue weighted by molar-refractivity contribution is 5.76. The van der Waals surface area contributed by atoms with Gasteiger partial charge in [0.1, 0.15) is 0 Å². The molecule has 2 N–H and O–H groups in total. The van der Waals surface area contributed by atoms with Crippen molar-refractivity contribution in [2.24, 2.45) is 0 Å². The standard InChI is InChI=1S/C14H26N4O/c1-5-7-15-9-12-10-16-11-18(12)8-6-13(19)17-14(2,3)4/h10-11,15H,5-9H2,1-4H3,(H,17,19). The number of aryl methyl sites for hydroxylation is 1. The molecule has 0 fully saturated rings. The zero-order valence-electron chi connectivity index (χ0n) is 12.5. The number of imidazole rings is 1. The Hall–Kier alpha value is -1.36. The van der Waals surface area contributed by atoms with Crippen molar-refractivity contribution in [3.8, 4) is 0 Å². The van der Waals surface area contributed by atoms with Gasteiger partial charge in [-0.3, -0.25) is 4.79 Å². The van der Waals surface area contributed by atoms with E-state index in [2.05, 4.69) is 22.5 Å². The maximum atomic E-state index is 11.8. The summed E-state index contributed by atoms with van der Waals surface area (Å²) in [7, 11) is 0. The zero-order valence-corrected chi connectivity index (χ0v) is 12.5. The van der Waals surface area contributed by atoms with E-state index in [4.69, 9.17) is 0 Å². The summed E-state index contributed by atoms with van der Waals surface area (Å²) in [5.41, 5.74) is 0.953. The van der Waals surface area contributed by atoms with Crippen LogP contribution in [0.1, 0.15) is 46.2 Å². The molecule has 0 aromatic carbocycles. The smallest absolute Gasteiger partial charge is 0.222 e. The molecule has 0 aliphatic carbocycles. The van der Waals surface area contributed by atoms with Crippen LogP contribution in [0.25, 0.3) is 0 Å². The van der Waals surface area contributed by atoms with E-state index in [9.17, 15) is 4.79 Å². The number of rotatable bonds is 7. The van der Waals surface area contributed by atoms with Gasteiger partial charge in [-0.15, -0.1) is 0 Å². The minimum absolute atomic E-state index is 0.0775. The molecule has 0 aliphatic rings. The lowest BCUT2D eigenvalue weighted by Crippen LogP contribution is -2.40. The minimum atomic E-state index is -0.169. The Kier molecular flexibility index (Phi) is 6.02. The van der Waals surface area contributed by atoms with Crippen molar-refractivity contribution < 1.29 is 4.79 Å². The van der Waals surface area contributed by atoms with Gasteiger partial charge in [0.25, 0.3) is 0 Å². The first-order valence-electron chi connectivity index (χ1n) is 6.93. The van der Waals surface area contributed by atoms with Crippen molar-refractivity contribution in [1.29, 1.82) is 0 Å². The highest BCUT2D eigenvalue weighted by Gasteiger charge is 2.13. The largest absolute Gasteiger partial charge is 0.351 e. The fourth-order valence-corrected chi connectivity index (χ4v) is 1.79. The number of hydrogen-bond acceptors (Lipinski definition) is 3. The van der Waals surface area contributed by atoms with Gasteiger partial charge in [-0.05, 0) is 33.7 Å². The van der Waals surface area contributed by atoms with Crippen molar-refractivity contribution >= 4 is 5.91 Å². The van der Waals surface area contributed by atoms with Crippen molar-refractivity contribution in [2.45, 2.75) is 59.2 Å². The average Bonchev–Trinajstić information content (AvgIpc) is 2.72. The fourth-order valence-electron chi connectivity index (χ4n) is 1.79. The third-order valence-corrected chi connectivity index (χ3v) is 2.63. The molecule has 0 spiro atoms. The third kappa shape index (κ3) is 6.38. The zero-order chi connectivity index (χ0) is 14.3. The number of nitrogens with zero attached hydrogens (tertiary/aromatic N) is 2. The maximum Gasteiger partial charge on any atom is 0.222 e. The van der Waals surface area contributed by atoms with Crippen LogP contribution in [0.3, 0.4) is 0 Å². The van der Waals surface area contributed by atoms with Crippen LogP contribution in [0.5, 0.6) is 0 Å². The molecule has 1 aromatic rings. The minimum Gasteiger partial charge on any atom is -0.351 e. The Balaban J connectivity index is 2.41. The Morgan fingerprint density at radius 1 is 1.42 bits per heavy atom. The van der Waals surface area contributed by atoms with E-state index in [1.54, 1.807) is 6.33 Å². The first kappa shape index (κ1) is 15.7. The Morgan fingerprint density at radius 2 is 2.16 bits per heavy atom. The van der Waals surface area contributed by atoms with Crippen molar-refractivity contribution in [2.75, 3.05) is 6.54 Å². The molecular formula is C14H26N4O. The van der Waals surface area contributed by atoms with E-state index in [0.717, 1.165) is 25.2 Å². The first-order valence-corrected chi connectivity index (χ1v) is 6.93. The lowest BCUT2D eigenvalue weighted by molar-refractivity contribution is -0.122. The van der Waals surface area contributed by atoms with Gasteiger partial charge in [-0.25, -0.2) is 4.98 Å². The number of aromatic nitrogens is 2. The van der Waals surface area contributed by atoms with Crippen LogP contribution < -0.4 is 10.6 Å². The van der Waals surface area contributed by atoms with Crippen LogP contribution in [-0.4, -0.2) is 27.5 Å². The predicted molar refractivity (Wildman–Crippen MR) is 76.7 cm³/mol. The molecule has 0 aliphatic heterocycles. The molecule has 5 nitrogen and oxygen atoms in total. The summed E-state index contributed by atoms with van der Waals surface area (Å²) in [5, 5.41) is 6.31. The van der Waals surface area contributed by atoms with Gasteiger partial charge >= 0.3 is 0 Å². The molecule has 19 heavy (non-hydrogen) atoms. The molecular weight excluding hydrogens is 240 g/mol. The summed E-state index contributed by atoms with van der Waals surface area (Å²) in [6, 6.07) is 0. The quantitative estimate of drug-likeness (QED) is 0.738. The molecule has 1 heterocycles. The van der Waals surface area contributed by atoms with Crippen molar-refractivity contribution in [1.82, 2.24) is 20.2 Å². The number of nitrogens with one attached hydrogen (secondary N) is 2. The summed E-state index contributed by atoms with van der Waals surface area (Å²) < 4.78 is 2.03. The SMILES string of the molecule is CCCNCc1cncn1CCC(=O)NC(C)(C)C. The maximum absolute atomic E-state index is 11.8. The molecule has 0 atom stereocenters. The van der Waals surface area contributed by atoms with Crippen molar-refractivity contribution in [3.63, 3.8) is 0 Å². The molecule has 5 heteroatoms. The second-order valence-corrected chi connectivity index (χ2v) is 5.80. The predicted octanol–water partition coefficient (Wildman–Crippen LogP) is 1.69. The summed E-state index contributed by atoms with van der Waals surface area (Å²) in [6.45, 7) is 10.6. The van der Waals surface area contributed by atoms with E-state index in [0.29, 0.717) is 13.0 Å². The van der Waals surface area contributed by atoms with Crippen LogP contribution in [0.2, 0.25) is 0 Å². The fraction of sp³-hybridized carbons (Fsp3) is 0.714. The second-order valence-electron chi connectivity index (χ2n) is 5.80. The van der Waals surface area contributed by atoms with Gasteiger partial charge in [0.05, 0.1) is 12.0 Å². The van der Waals surface area contributed by atoms with Gasteiger partial charge in [-0.2, -0.15) is 0 Å². The molecule has 0 unspecified atom stereocenters. The topological polar surface area (TPSA) is 59.0 Å². The van der Waals surface area contributed by atoms with E-state index >= 15 is 0 Å². The van der Waals surface area contributed by atoms with Crippen LogP contribution >= 0.6 is 0 Å².